The number of fused-ring (bicyclic) bond motifs is 1. The Morgan fingerprint density at radius 3 is 2.69 bits per heavy atom. The van der Waals surface area contributed by atoms with Crippen LogP contribution in [0.25, 0.3) is 10.9 Å². The van der Waals surface area contributed by atoms with Crippen LogP contribution in [-0.4, -0.2) is 15.9 Å². The Morgan fingerprint density at radius 2 is 1.92 bits per heavy atom. The molecule has 0 aliphatic rings. The van der Waals surface area contributed by atoms with Gasteiger partial charge in [-0.25, -0.2) is 4.98 Å². The minimum absolute atomic E-state index is 0.179. The maximum atomic E-state index is 12.6. The summed E-state index contributed by atoms with van der Waals surface area (Å²) in [5, 5.41) is 6.30. The van der Waals surface area contributed by atoms with Crippen molar-refractivity contribution in [3.8, 4) is 10.9 Å². The van der Waals surface area contributed by atoms with Crippen LogP contribution in [0.15, 0.2) is 66.2 Å². The molecule has 2 aromatic carbocycles. The lowest BCUT2D eigenvalue weighted by atomic mass is 10.1. The number of hydrogen-bond donors (Lipinski definition) is 1. The molecule has 2 heterocycles. The number of aromatic nitrogens is 2. The largest absolute Gasteiger partial charge is 0.431 e. The average Bonchev–Trinajstić information content (AvgIpc) is 3.15. The Kier molecular flexibility index (Phi) is 4.33. The summed E-state index contributed by atoms with van der Waals surface area (Å²) in [5.41, 5.74) is 3.01. The smallest absolute Gasteiger partial charge is 0.278 e. The van der Waals surface area contributed by atoms with Crippen molar-refractivity contribution >= 4 is 33.8 Å². The molecule has 0 bridgehead atoms. The number of para-hydroxylation sites is 1. The van der Waals surface area contributed by atoms with Gasteiger partial charge in [0.15, 0.2) is 0 Å². The molecule has 5 nitrogen and oxygen atoms in total. The Labute approximate surface area is 154 Å². The fourth-order valence-electron chi connectivity index (χ4n) is 2.64. The van der Waals surface area contributed by atoms with Crippen LogP contribution < -0.4 is 10.1 Å². The van der Waals surface area contributed by atoms with Crippen LogP contribution in [0.5, 0.6) is 10.9 Å². The van der Waals surface area contributed by atoms with Gasteiger partial charge in [-0.15, -0.1) is 0 Å². The second kappa shape index (κ2) is 6.93. The number of nitrogens with one attached hydrogen (secondary N) is 1. The van der Waals surface area contributed by atoms with Crippen molar-refractivity contribution in [3.63, 3.8) is 0 Å². The summed E-state index contributed by atoms with van der Waals surface area (Å²) in [4.78, 5) is 21.2. The van der Waals surface area contributed by atoms with Gasteiger partial charge in [0.2, 0.25) is 0 Å². The number of ether oxygens (including phenoxy) is 1. The van der Waals surface area contributed by atoms with Crippen molar-refractivity contribution in [2.75, 3.05) is 5.32 Å². The third kappa shape index (κ3) is 3.41. The molecule has 0 unspecified atom stereocenters. The summed E-state index contributed by atoms with van der Waals surface area (Å²) in [6.07, 6.45) is 1.68. The Balaban J connectivity index is 1.55. The molecule has 0 spiro atoms. The number of pyridine rings is 1. The van der Waals surface area contributed by atoms with E-state index in [9.17, 15) is 4.79 Å². The number of hydrogen-bond acceptors (Lipinski definition) is 5. The van der Waals surface area contributed by atoms with E-state index in [1.165, 1.54) is 11.3 Å². The molecular formula is C20H15N3O2S. The molecule has 0 saturated carbocycles. The van der Waals surface area contributed by atoms with Crippen LogP contribution in [0.4, 0.5) is 5.69 Å². The zero-order chi connectivity index (χ0) is 17.9. The summed E-state index contributed by atoms with van der Waals surface area (Å²) >= 11 is 1.41. The molecule has 26 heavy (non-hydrogen) atoms. The lowest BCUT2D eigenvalue weighted by Gasteiger charge is -2.10. The third-order valence-corrected chi connectivity index (χ3v) is 4.47. The second-order valence-corrected chi connectivity index (χ2v) is 6.56. The van der Waals surface area contributed by atoms with E-state index in [1.807, 2.05) is 42.6 Å². The highest BCUT2D eigenvalue weighted by atomic mass is 32.1. The van der Waals surface area contributed by atoms with Crippen molar-refractivity contribution < 1.29 is 9.53 Å². The molecule has 6 heteroatoms. The fraction of sp³-hybridized carbons (Fsp3) is 0.0500. The molecule has 1 N–H and O–H groups in total. The normalized spacial score (nSPS) is 10.7. The van der Waals surface area contributed by atoms with Gasteiger partial charge in [-0.3, -0.25) is 9.78 Å². The molecule has 128 valence electrons. The average molecular weight is 361 g/mol. The quantitative estimate of drug-likeness (QED) is 0.553. The highest BCUT2D eigenvalue weighted by Gasteiger charge is 2.10. The number of nitrogens with zero attached hydrogens (tertiary/aromatic N) is 2. The first-order valence-corrected chi connectivity index (χ1v) is 8.92. The maximum Gasteiger partial charge on any atom is 0.278 e. The predicted octanol–water partition coefficient (Wildman–Crippen LogP) is 5.04. The highest BCUT2D eigenvalue weighted by Crippen LogP contribution is 2.25. The van der Waals surface area contributed by atoms with Gasteiger partial charge >= 0.3 is 0 Å². The lowest BCUT2D eigenvalue weighted by molar-refractivity contribution is 0.102. The van der Waals surface area contributed by atoms with Gasteiger partial charge in [0.25, 0.3) is 11.1 Å². The summed E-state index contributed by atoms with van der Waals surface area (Å²) < 4.78 is 5.61. The van der Waals surface area contributed by atoms with Gasteiger partial charge in [-0.1, -0.05) is 29.5 Å². The van der Waals surface area contributed by atoms with Gasteiger partial charge in [-0.2, -0.15) is 0 Å². The van der Waals surface area contributed by atoms with Crippen LogP contribution in [0.3, 0.4) is 0 Å². The SMILES string of the molecule is Cc1cc(NC(=O)c2ccc(Oc3nccs3)cc2)c2ccccc2n1. The Bertz CT molecular complexity index is 1060. The van der Waals surface area contributed by atoms with Crippen LogP contribution in [0.2, 0.25) is 0 Å². The van der Waals surface area contributed by atoms with Crippen molar-refractivity contribution in [2.45, 2.75) is 6.92 Å². The standard InChI is InChI=1S/C20H15N3O2S/c1-13-12-18(16-4-2-3-5-17(16)22-13)23-19(24)14-6-8-15(9-7-14)25-20-21-10-11-26-20/h2-12H,1H3,(H,22,23,24). The summed E-state index contributed by atoms with van der Waals surface area (Å²) in [6.45, 7) is 1.91. The van der Waals surface area contributed by atoms with Crippen LogP contribution in [0.1, 0.15) is 16.1 Å². The monoisotopic (exact) mass is 361 g/mol. The van der Waals surface area contributed by atoms with Crippen LogP contribution in [0, 0.1) is 6.92 Å². The van der Waals surface area contributed by atoms with Crippen molar-refractivity contribution in [1.29, 1.82) is 0 Å². The maximum absolute atomic E-state index is 12.6. The molecule has 0 radical (unpaired) electrons. The first-order chi connectivity index (χ1) is 12.7. The lowest BCUT2D eigenvalue weighted by Crippen LogP contribution is -2.12. The van der Waals surface area contributed by atoms with Crippen LogP contribution >= 0.6 is 11.3 Å². The van der Waals surface area contributed by atoms with Crippen LogP contribution in [-0.2, 0) is 0 Å². The zero-order valence-corrected chi connectivity index (χ0v) is 14.8. The molecule has 0 saturated heterocycles. The minimum atomic E-state index is -0.179. The number of rotatable bonds is 4. The molecule has 2 aromatic heterocycles. The Morgan fingerprint density at radius 1 is 1.12 bits per heavy atom. The third-order valence-electron chi connectivity index (χ3n) is 3.82. The molecular weight excluding hydrogens is 346 g/mol. The van der Waals surface area contributed by atoms with E-state index >= 15 is 0 Å². The molecule has 0 fully saturated rings. The number of carbonyl (C=O) groups is 1. The molecule has 0 aliphatic carbocycles. The fourth-order valence-corrected chi connectivity index (χ4v) is 3.15. The van der Waals surface area contributed by atoms with Crippen molar-refractivity contribution in [2.24, 2.45) is 0 Å². The van der Waals surface area contributed by atoms with E-state index in [2.05, 4.69) is 15.3 Å². The zero-order valence-electron chi connectivity index (χ0n) is 14.0. The van der Waals surface area contributed by atoms with Crippen molar-refractivity contribution in [1.82, 2.24) is 9.97 Å². The van der Waals surface area contributed by atoms with Gasteiger partial charge in [0.1, 0.15) is 5.75 Å². The van der Waals surface area contributed by atoms with Crippen molar-refractivity contribution in [3.05, 3.63) is 77.4 Å². The highest BCUT2D eigenvalue weighted by molar-refractivity contribution is 7.11. The first kappa shape index (κ1) is 16.2. The number of aryl methyl sites for hydroxylation is 1. The predicted molar refractivity (Wildman–Crippen MR) is 103 cm³/mol. The summed E-state index contributed by atoms with van der Waals surface area (Å²) in [5.74, 6) is 0.461. The molecule has 4 rings (SSSR count). The van der Waals surface area contributed by atoms with E-state index in [0.717, 1.165) is 22.3 Å². The molecule has 0 aliphatic heterocycles. The van der Waals surface area contributed by atoms with Gasteiger partial charge in [-0.05, 0) is 43.3 Å². The minimum Gasteiger partial charge on any atom is -0.431 e. The summed E-state index contributed by atoms with van der Waals surface area (Å²) in [7, 11) is 0. The number of carbonyl (C=O) groups excluding carboxylic acids is 1. The van der Waals surface area contributed by atoms with E-state index in [1.54, 1.807) is 30.5 Å². The van der Waals surface area contributed by atoms with Gasteiger partial charge in [0, 0.05) is 28.2 Å². The van der Waals surface area contributed by atoms with Gasteiger partial charge < -0.3 is 10.1 Å². The van der Waals surface area contributed by atoms with Gasteiger partial charge in [0.05, 0.1) is 11.2 Å². The Hall–Kier alpha value is -3.25. The molecule has 1 amide bonds. The number of anilines is 1. The van der Waals surface area contributed by atoms with E-state index in [-0.39, 0.29) is 5.91 Å². The van der Waals surface area contributed by atoms with E-state index in [0.29, 0.717) is 16.5 Å². The van der Waals surface area contributed by atoms with E-state index in [4.69, 9.17) is 4.74 Å². The topological polar surface area (TPSA) is 64.1 Å². The van der Waals surface area contributed by atoms with E-state index < -0.39 is 0 Å². The number of thiazole rings is 1. The molecule has 4 aromatic rings. The number of benzene rings is 2. The summed E-state index contributed by atoms with van der Waals surface area (Å²) in [6, 6.07) is 16.6. The second-order valence-electron chi connectivity index (χ2n) is 5.71. The number of amides is 1. The first-order valence-electron chi connectivity index (χ1n) is 8.04. The molecule has 0 atom stereocenters.